The summed E-state index contributed by atoms with van der Waals surface area (Å²) in [5.41, 5.74) is 4.71. The van der Waals surface area contributed by atoms with Crippen molar-refractivity contribution in [1.29, 1.82) is 0 Å². The molecule has 0 aliphatic carbocycles. The summed E-state index contributed by atoms with van der Waals surface area (Å²) < 4.78 is 12.9. The minimum Gasteiger partial charge on any atom is -0.207 e. The molecule has 1 atom stereocenters. The first-order valence-electron chi connectivity index (χ1n) is 6.56. The van der Waals surface area contributed by atoms with Gasteiger partial charge in [0, 0.05) is 0 Å². The summed E-state index contributed by atoms with van der Waals surface area (Å²) in [6, 6.07) is 15.1. The summed E-state index contributed by atoms with van der Waals surface area (Å²) in [4.78, 5) is 0. The van der Waals surface area contributed by atoms with Crippen molar-refractivity contribution in [2.75, 3.05) is 0 Å². The Labute approximate surface area is 114 Å². The van der Waals surface area contributed by atoms with E-state index in [4.69, 9.17) is 0 Å². The van der Waals surface area contributed by atoms with Crippen LogP contribution in [-0.2, 0) is 0 Å². The number of hydrogen-bond donors (Lipinski definition) is 0. The summed E-state index contributed by atoms with van der Waals surface area (Å²) in [6.07, 6.45) is 0.884. The van der Waals surface area contributed by atoms with Gasteiger partial charge in [-0.3, -0.25) is 0 Å². The number of allylic oxidation sites excluding steroid dienone is 1. The molecule has 0 bridgehead atoms. The third-order valence-corrected chi connectivity index (χ3v) is 3.42. The fraction of sp³-hybridized carbons (Fsp3) is 0.222. The lowest BCUT2D eigenvalue weighted by atomic mass is 9.91. The Morgan fingerprint density at radius 3 is 2.47 bits per heavy atom. The second kappa shape index (κ2) is 5.83. The van der Waals surface area contributed by atoms with Gasteiger partial charge >= 0.3 is 0 Å². The molecule has 1 unspecified atom stereocenters. The molecule has 0 aromatic heterocycles. The van der Waals surface area contributed by atoms with Gasteiger partial charge in [-0.15, -0.1) is 0 Å². The molecule has 2 aromatic carbocycles. The molecule has 0 radical (unpaired) electrons. The van der Waals surface area contributed by atoms with Crippen molar-refractivity contribution in [1.82, 2.24) is 0 Å². The Bertz CT molecular complexity index is 566. The largest absolute Gasteiger partial charge is 0.207 e. The zero-order valence-electron chi connectivity index (χ0n) is 11.5. The van der Waals surface area contributed by atoms with E-state index in [1.165, 1.54) is 23.3 Å². The van der Waals surface area contributed by atoms with Gasteiger partial charge in [0.1, 0.15) is 5.82 Å². The molecule has 0 spiro atoms. The van der Waals surface area contributed by atoms with Crippen molar-refractivity contribution in [3.05, 3.63) is 77.6 Å². The van der Waals surface area contributed by atoms with Crippen molar-refractivity contribution >= 4 is 5.57 Å². The Balaban J connectivity index is 2.08. The first kappa shape index (κ1) is 13.5. The fourth-order valence-corrected chi connectivity index (χ4v) is 2.26. The predicted octanol–water partition coefficient (Wildman–Crippen LogP) is 5.34. The predicted molar refractivity (Wildman–Crippen MR) is 79.6 cm³/mol. The van der Waals surface area contributed by atoms with Crippen molar-refractivity contribution in [2.24, 2.45) is 0 Å². The summed E-state index contributed by atoms with van der Waals surface area (Å²) in [5.74, 6) is 0.155. The monoisotopic (exact) mass is 254 g/mol. The molecule has 2 rings (SSSR count). The van der Waals surface area contributed by atoms with Crippen LogP contribution in [0.5, 0.6) is 0 Å². The number of aryl methyl sites for hydroxylation is 1. The van der Waals surface area contributed by atoms with Gasteiger partial charge in [0.2, 0.25) is 0 Å². The highest BCUT2D eigenvalue weighted by atomic mass is 19.1. The Morgan fingerprint density at radius 1 is 1.16 bits per heavy atom. The Morgan fingerprint density at radius 2 is 1.84 bits per heavy atom. The van der Waals surface area contributed by atoms with E-state index in [-0.39, 0.29) is 5.82 Å². The van der Waals surface area contributed by atoms with Crippen LogP contribution in [0.3, 0.4) is 0 Å². The third kappa shape index (κ3) is 3.54. The van der Waals surface area contributed by atoms with Crippen molar-refractivity contribution in [3.8, 4) is 0 Å². The van der Waals surface area contributed by atoms with Gasteiger partial charge in [-0.1, -0.05) is 55.5 Å². The van der Waals surface area contributed by atoms with Crippen molar-refractivity contribution in [2.45, 2.75) is 26.2 Å². The van der Waals surface area contributed by atoms with Crippen LogP contribution < -0.4 is 0 Å². The van der Waals surface area contributed by atoms with Crippen LogP contribution >= 0.6 is 0 Å². The molecule has 0 aliphatic rings. The van der Waals surface area contributed by atoms with Crippen LogP contribution in [0.1, 0.15) is 36.0 Å². The maximum absolute atomic E-state index is 12.9. The van der Waals surface area contributed by atoms with E-state index in [1.54, 1.807) is 0 Å². The molecule has 19 heavy (non-hydrogen) atoms. The molecule has 0 saturated heterocycles. The lowest BCUT2D eigenvalue weighted by molar-refractivity contribution is 0.625. The summed E-state index contributed by atoms with van der Waals surface area (Å²) in [6.45, 7) is 8.41. The van der Waals surface area contributed by atoms with E-state index >= 15 is 0 Å². The molecular weight excluding hydrogens is 235 g/mol. The van der Waals surface area contributed by atoms with Gasteiger partial charge in [-0.2, -0.15) is 0 Å². The smallest absolute Gasteiger partial charge is 0.123 e. The molecule has 98 valence electrons. The minimum absolute atomic E-state index is 0.187. The number of rotatable bonds is 4. The molecule has 0 fully saturated rings. The van der Waals surface area contributed by atoms with Crippen LogP contribution in [0.4, 0.5) is 4.39 Å². The number of benzene rings is 2. The van der Waals surface area contributed by atoms with E-state index in [9.17, 15) is 4.39 Å². The van der Waals surface area contributed by atoms with Gasteiger partial charge < -0.3 is 0 Å². The molecule has 0 saturated carbocycles. The first-order valence-corrected chi connectivity index (χ1v) is 6.56. The topological polar surface area (TPSA) is 0 Å². The van der Waals surface area contributed by atoms with Crippen LogP contribution in [0, 0.1) is 12.7 Å². The number of halogens is 1. The normalized spacial score (nSPS) is 12.2. The Kier molecular flexibility index (Phi) is 4.16. The van der Waals surface area contributed by atoms with Gasteiger partial charge in [0.05, 0.1) is 0 Å². The molecule has 1 heteroatoms. The van der Waals surface area contributed by atoms with Crippen LogP contribution in [0.15, 0.2) is 55.1 Å². The molecular formula is C18H19F. The molecule has 2 aromatic rings. The van der Waals surface area contributed by atoms with E-state index in [0.717, 1.165) is 17.6 Å². The van der Waals surface area contributed by atoms with E-state index < -0.39 is 0 Å². The fourth-order valence-electron chi connectivity index (χ4n) is 2.26. The van der Waals surface area contributed by atoms with Gasteiger partial charge in [0.25, 0.3) is 0 Å². The second-order valence-corrected chi connectivity index (χ2v) is 5.13. The van der Waals surface area contributed by atoms with Crippen molar-refractivity contribution in [3.63, 3.8) is 0 Å². The maximum atomic E-state index is 12.9. The van der Waals surface area contributed by atoms with Crippen LogP contribution in [0.25, 0.3) is 5.57 Å². The SMILES string of the molecule is C=C(CC(C)c1ccc(F)cc1)c1cccc(C)c1. The second-order valence-electron chi connectivity index (χ2n) is 5.13. The first-order chi connectivity index (χ1) is 9.06. The van der Waals surface area contributed by atoms with E-state index in [1.807, 2.05) is 12.1 Å². The zero-order valence-corrected chi connectivity index (χ0v) is 11.5. The summed E-state index contributed by atoms with van der Waals surface area (Å²) in [5, 5.41) is 0. The lowest BCUT2D eigenvalue weighted by Crippen LogP contribution is -1.96. The average Bonchev–Trinajstić information content (AvgIpc) is 2.39. The highest BCUT2D eigenvalue weighted by molar-refractivity contribution is 5.64. The lowest BCUT2D eigenvalue weighted by Gasteiger charge is -2.14. The minimum atomic E-state index is -0.187. The zero-order chi connectivity index (χ0) is 13.8. The summed E-state index contributed by atoms with van der Waals surface area (Å²) in [7, 11) is 0. The average molecular weight is 254 g/mol. The van der Waals surface area contributed by atoms with E-state index in [0.29, 0.717) is 5.92 Å². The standard InChI is InChI=1S/C18H19F/c1-13-5-4-6-17(11-13)15(3)12-14(2)16-7-9-18(19)10-8-16/h4-11,14H,3,12H2,1-2H3. The molecule has 0 aliphatic heterocycles. The molecule has 0 nitrogen and oxygen atoms in total. The molecule has 0 N–H and O–H groups in total. The number of hydrogen-bond acceptors (Lipinski definition) is 0. The maximum Gasteiger partial charge on any atom is 0.123 e. The van der Waals surface area contributed by atoms with Crippen LogP contribution in [0.2, 0.25) is 0 Å². The summed E-state index contributed by atoms with van der Waals surface area (Å²) >= 11 is 0. The highest BCUT2D eigenvalue weighted by Gasteiger charge is 2.09. The Hall–Kier alpha value is -1.89. The quantitative estimate of drug-likeness (QED) is 0.690. The van der Waals surface area contributed by atoms with Crippen molar-refractivity contribution < 1.29 is 4.39 Å². The van der Waals surface area contributed by atoms with Crippen LogP contribution in [-0.4, -0.2) is 0 Å². The van der Waals surface area contributed by atoms with Gasteiger partial charge in [0.15, 0.2) is 0 Å². The van der Waals surface area contributed by atoms with Gasteiger partial charge in [-0.25, -0.2) is 4.39 Å². The molecule has 0 amide bonds. The third-order valence-electron chi connectivity index (χ3n) is 3.42. The molecule has 0 heterocycles. The van der Waals surface area contributed by atoms with Gasteiger partial charge in [-0.05, 0) is 48.1 Å². The highest BCUT2D eigenvalue weighted by Crippen LogP contribution is 2.28. The van der Waals surface area contributed by atoms with E-state index in [2.05, 4.69) is 44.7 Å².